The zero-order valence-electron chi connectivity index (χ0n) is 11.3. The molecule has 3 rings (SSSR count). The van der Waals surface area contributed by atoms with Crippen molar-refractivity contribution in [1.29, 1.82) is 0 Å². The van der Waals surface area contributed by atoms with Gasteiger partial charge in [-0.25, -0.2) is 4.98 Å². The van der Waals surface area contributed by atoms with Crippen LogP contribution in [0.15, 0.2) is 33.6 Å². The van der Waals surface area contributed by atoms with Crippen LogP contribution in [0.3, 0.4) is 0 Å². The van der Waals surface area contributed by atoms with Crippen molar-refractivity contribution in [2.45, 2.75) is 6.54 Å². The molecule has 1 aliphatic rings. The van der Waals surface area contributed by atoms with E-state index < -0.39 is 0 Å². The third-order valence-corrected chi connectivity index (χ3v) is 6.19. The van der Waals surface area contributed by atoms with Crippen molar-refractivity contribution < 1.29 is 9.59 Å². The quantitative estimate of drug-likeness (QED) is 0.584. The van der Waals surface area contributed by atoms with Crippen LogP contribution in [0.25, 0.3) is 6.08 Å². The second kappa shape index (κ2) is 6.94. The summed E-state index contributed by atoms with van der Waals surface area (Å²) in [5.41, 5.74) is 0.856. The molecule has 0 N–H and O–H groups in total. The van der Waals surface area contributed by atoms with Crippen LogP contribution in [0.2, 0.25) is 9.62 Å². The molecule has 0 bridgehead atoms. The molecule has 1 fully saturated rings. The molecular weight excluding hydrogens is 443 g/mol. The van der Waals surface area contributed by atoms with Crippen molar-refractivity contribution in [2.24, 2.45) is 0 Å². The number of carbonyl (C=O) groups excluding carboxylic acids is 2. The summed E-state index contributed by atoms with van der Waals surface area (Å²) in [5.74, 6) is -0.351. The lowest BCUT2D eigenvalue weighted by atomic mass is 10.2. The Morgan fingerprint density at radius 1 is 1.26 bits per heavy atom. The number of thiazole rings is 1. The molecule has 1 saturated heterocycles. The van der Waals surface area contributed by atoms with Crippen molar-refractivity contribution in [2.75, 3.05) is 0 Å². The SMILES string of the molecule is O=C1S/C(=C/c2sc(Cl)nc2Cl)C(=O)N1Cc1ccccc1Br. The minimum absolute atomic E-state index is 0.209. The lowest BCUT2D eigenvalue weighted by molar-refractivity contribution is -0.123. The first-order chi connectivity index (χ1) is 11.0. The summed E-state index contributed by atoms with van der Waals surface area (Å²) < 4.78 is 1.13. The van der Waals surface area contributed by atoms with Crippen LogP contribution in [0.1, 0.15) is 10.4 Å². The highest BCUT2D eigenvalue weighted by Gasteiger charge is 2.35. The largest absolute Gasteiger partial charge is 0.293 e. The first kappa shape index (κ1) is 17.0. The molecule has 0 aliphatic carbocycles. The van der Waals surface area contributed by atoms with Gasteiger partial charge in [0.25, 0.3) is 11.1 Å². The van der Waals surface area contributed by atoms with Gasteiger partial charge in [0.2, 0.25) is 0 Å². The monoisotopic (exact) mass is 448 g/mol. The van der Waals surface area contributed by atoms with Gasteiger partial charge < -0.3 is 0 Å². The molecule has 0 radical (unpaired) electrons. The fourth-order valence-corrected chi connectivity index (χ4v) is 4.54. The van der Waals surface area contributed by atoms with E-state index >= 15 is 0 Å². The maximum absolute atomic E-state index is 12.5. The van der Waals surface area contributed by atoms with Crippen molar-refractivity contribution in [3.63, 3.8) is 0 Å². The van der Waals surface area contributed by atoms with Crippen LogP contribution in [-0.4, -0.2) is 21.0 Å². The second-order valence-corrected chi connectivity index (χ2v) is 8.30. The molecule has 1 aliphatic heterocycles. The Bertz CT molecular complexity index is 838. The summed E-state index contributed by atoms with van der Waals surface area (Å²) in [5, 5.41) is -0.0960. The first-order valence-electron chi connectivity index (χ1n) is 6.26. The average Bonchev–Trinajstić information content (AvgIpc) is 2.95. The van der Waals surface area contributed by atoms with Crippen LogP contribution in [-0.2, 0) is 11.3 Å². The zero-order chi connectivity index (χ0) is 16.6. The Hall–Kier alpha value is -0.860. The highest BCUT2D eigenvalue weighted by molar-refractivity contribution is 9.10. The number of thioether (sulfide) groups is 1. The van der Waals surface area contributed by atoms with Gasteiger partial charge >= 0.3 is 0 Å². The van der Waals surface area contributed by atoms with Gasteiger partial charge in [-0.1, -0.05) is 57.3 Å². The molecule has 2 amide bonds. The molecule has 118 valence electrons. The van der Waals surface area contributed by atoms with Crippen molar-refractivity contribution in [3.8, 4) is 0 Å². The molecule has 9 heteroatoms. The average molecular weight is 450 g/mol. The number of imide groups is 1. The molecule has 1 aromatic carbocycles. The molecule has 4 nitrogen and oxygen atoms in total. The van der Waals surface area contributed by atoms with E-state index in [-0.39, 0.29) is 27.3 Å². The molecule has 0 saturated carbocycles. The predicted molar refractivity (Wildman–Crippen MR) is 97.8 cm³/mol. The summed E-state index contributed by atoms with van der Waals surface area (Å²) in [7, 11) is 0. The van der Waals surface area contributed by atoms with Crippen LogP contribution in [0, 0.1) is 0 Å². The number of aromatic nitrogens is 1. The maximum Gasteiger partial charge on any atom is 0.293 e. The van der Waals surface area contributed by atoms with Gasteiger partial charge in [0.1, 0.15) is 5.15 Å². The third kappa shape index (κ3) is 3.64. The van der Waals surface area contributed by atoms with E-state index in [1.54, 1.807) is 6.08 Å². The lowest BCUT2D eigenvalue weighted by Crippen LogP contribution is -2.27. The highest BCUT2D eigenvalue weighted by atomic mass is 79.9. The van der Waals surface area contributed by atoms with E-state index in [4.69, 9.17) is 23.2 Å². The number of halogens is 3. The lowest BCUT2D eigenvalue weighted by Gasteiger charge is -2.13. The number of benzene rings is 1. The Kier molecular flexibility index (Phi) is 5.13. The van der Waals surface area contributed by atoms with Gasteiger partial charge in [-0.15, -0.1) is 11.3 Å². The normalized spacial score (nSPS) is 16.7. The van der Waals surface area contributed by atoms with Gasteiger partial charge in [-0.05, 0) is 29.5 Å². The number of hydrogen-bond donors (Lipinski definition) is 0. The Morgan fingerprint density at radius 2 is 2.00 bits per heavy atom. The molecule has 0 atom stereocenters. The molecule has 1 aromatic heterocycles. The molecule has 0 unspecified atom stereocenters. The first-order valence-corrected chi connectivity index (χ1v) is 9.44. The minimum atomic E-state index is -0.351. The number of amides is 2. The van der Waals surface area contributed by atoms with E-state index in [0.29, 0.717) is 9.78 Å². The highest BCUT2D eigenvalue weighted by Crippen LogP contribution is 2.37. The van der Waals surface area contributed by atoms with E-state index in [0.717, 1.165) is 33.1 Å². The second-order valence-electron chi connectivity index (χ2n) is 4.48. The van der Waals surface area contributed by atoms with E-state index in [2.05, 4.69) is 20.9 Å². The van der Waals surface area contributed by atoms with E-state index in [1.807, 2.05) is 24.3 Å². The summed E-state index contributed by atoms with van der Waals surface area (Å²) >= 11 is 17.2. The van der Waals surface area contributed by atoms with Crippen molar-refractivity contribution >= 4 is 79.5 Å². The topological polar surface area (TPSA) is 50.3 Å². The summed E-state index contributed by atoms with van der Waals surface area (Å²) in [6, 6.07) is 7.45. The summed E-state index contributed by atoms with van der Waals surface area (Å²) in [6.07, 6.45) is 1.55. The number of rotatable bonds is 3. The number of hydrogen-bond acceptors (Lipinski definition) is 5. The molecule has 2 aromatic rings. The maximum atomic E-state index is 12.5. The Morgan fingerprint density at radius 3 is 2.65 bits per heavy atom. The van der Waals surface area contributed by atoms with Crippen LogP contribution in [0.5, 0.6) is 0 Å². The van der Waals surface area contributed by atoms with Gasteiger partial charge in [0.05, 0.1) is 16.3 Å². The van der Waals surface area contributed by atoms with Gasteiger partial charge in [-0.3, -0.25) is 14.5 Å². The molecule has 2 heterocycles. The Balaban J connectivity index is 1.86. The van der Waals surface area contributed by atoms with Crippen LogP contribution >= 0.6 is 62.2 Å². The van der Waals surface area contributed by atoms with Crippen LogP contribution in [0.4, 0.5) is 4.79 Å². The summed E-state index contributed by atoms with van der Waals surface area (Å²) in [6.45, 7) is 0.209. The van der Waals surface area contributed by atoms with Crippen LogP contribution < -0.4 is 0 Å². The van der Waals surface area contributed by atoms with Gasteiger partial charge in [-0.2, -0.15) is 0 Å². The third-order valence-electron chi connectivity index (χ3n) is 3.01. The smallest absolute Gasteiger partial charge is 0.268 e. The zero-order valence-corrected chi connectivity index (χ0v) is 16.0. The standard InChI is InChI=1S/C14H7BrCl2N2O2S2/c15-8-4-2-1-3-7(8)6-19-12(20)10(23-14(19)21)5-9-11(16)18-13(17)22-9/h1-5H,6H2/b10-5+. The number of nitrogens with zero attached hydrogens (tertiary/aromatic N) is 2. The fraction of sp³-hybridized carbons (Fsp3) is 0.0714. The van der Waals surface area contributed by atoms with Crippen molar-refractivity contribution in [3.05, 3.63) is 53.7 Å². The number of carbonyl (C=O) groups is 2. The molecule has 23 heavy (non-hydrogen) atoms. The van der Waals surface area contributed by atoms with E-state index in [1.165, 1.54) is 4.90 Å². The van der Waals surface area contributed by atoms with Crippen molar-refractivity contribution in [1.82, 2.24) is 9.88 Å². The van der Waals surface area contributed by atoms with E-state index in [9.17, 15) is 9.59 Å². The predicted octanol–water partition coefficient (Wildman–Crippen LogP) is 5.45. The Labute approximate surface area is 158 Å². The van der Waals surface area contributed by atoms with Gasteiger partial charge in [0.15, 0.2) is 4.47 Å². The minimum Gasteiger partial charge on any atom is -0.268 e. The molecular formula is C14H7BrCl2N2O2S2. The fourth-order valence-electron chi connectivity index (χ4n) is 1.93. The van der Waals surface area contributed by atoms with Gasteiger partial charge in [0, 0.05) is 4.47 Å². The summed E-state index contributed by atoms with van der Waals surface area (Å²) in [4.78, 5) is 30.5. The molecule has 0 spiro atoms.